The summed E-state index contributed by atoms with van der Waals surface area (Å²) in [4.78, 5) is 12.3. The molecule has 3 N–H and O–H groups in total. The summed E-state index contributed by atoms with van der Waals surface area (Å²) in [7, 11) is 0. The van der Waals surface area contributed by atoms with E-state index in [2.05, 4.69) is 19.2 Å². The zero-order valence-corrected chi connectivity index (χ0v) is 30.2. The molecule has 264 valence electrons. The molecule has 4 nitrogen and oxygen atoms in total. The maximum absolute atomic E-state index is 12.3. The van der Waals surface area contributed by atoms with Crippen molar-refractivity contribution in [2.75, 3.05) is 6.61 Å². The zero-order valence-electron chi connectivity index (χ0n) is 30.2. The lowest BCUT2D eigenvalue weighted by Crippen LogP contribution is -2.45. The van der Waals surface area contributed by atoms with Crippen LogP contribution < -0.4 is 5.32 Å². The molecule has 0 aromatic rings. The highest BCUT2D eigenvalue weighted by molar-refractivity contribution is 5.76. The molecule has 0 aromatic heterocycles. The van der Waals surface area contributed by atoms with Gasteiger partial charge in [0, 0.05) is 6.42 Å². The van der Waals surface area contributed by atoms with Crippen molar-refractivity contribution in [3.63, 3.8) is 0 Å². The first-order chi connectivity index (χ1) is 21.7. The maximum Gasteiger partial charge on any atom is 0.220 e. The molecule has 0 aliphatic carbocycles. The molecular formula is C40H81NO3. The van der Waals surface area contributed by atoms with E-state index in [0.29, 0.717) is 12.8 Å². The van der Waals surface area contributed by atoms with Gasteiger partial charge in [-0.2, -0.15) is 0 Å². The van der Waals surface area contributed by atoms with Crippen molar-refractivity contribution in [2.24, 2.45) is 0 Å². The van der Waals surface area contributed by atoms with E-state index in [-0.39, 0.29) is 12.5 Å². The van der Waals surface area contributed by atoms with E-state index in [9.17, 15) is 15.0 Å². The minimum Gasteiger partial charge on any atom is -0.394 e. The van der Waals surface area contributed by atoms with Crippen molar-refractivity contribution in [1.82, 2.24) is 5.32 Å². The van der Waals surface area contributed by atoms with E-state index in [0.717, 1.165) is 25.7 Å². The first kappa shape index (κ1) is 43.4. The van der Waals surface area contributed by atoms with Gasteiger partial charge in [0.15, 0.2) is 0 Å². The van der Waals surface area contributed by atoms with Gasteiger partial charge in [-0.15, -0.1) is 0 Å². The van der Waals surface area contributed by atoms with E-state index >= 15 is 0 Å². The van der Waals surface area contributed by atoms with Gasteiger partial charge in [0.05, 0.1) is 18.8 Å². The predicted molar refractivity (Wildman–Crippen MR) is 193 cm³/mol. The summed E-state index contributed by atoms with van der Waals surface area (Å²) in [5, 5.41) is 22.9. The Balaban J connectivity index is 3.36. The Kier molecular flexibility index (Phi) is 36.3. The highest BCUT2D eigenvalue weighted by Gasteiger charge is 2.19. The number of aliphatic hydroxyl groups is 2. The number of unbranched alkanes of at least 4 members (excludes halogenated alkanes) is 30. The Hall–Kier alpha value is -0.610. The average molecular weight is 624 g/mol. The fraction of sp³-hybridized carbons (Fsp3) is 0.975. The quantitative estimate of drug-likeness (QED) is 0.0603. The van der Waals surface area contributed by atoms with Crippen LogP contribution in [0, 0.1) is 0 Å². The largest absolute Gasteiger partial charge is 0.394 e. The maximum atomic E-state index is 12.3. The molecule has 0 bridgehead atoms. The van der Waals surface area contributed by atoms with Crippen molar-refractivity contribution in [3.05, 3.63) is 0 Å². The second-order valence-electron chi connectivity index (χ2n) is 14.1. The number of carbonyl (C=O) groups is 1. The van der Waals surface area contributed by atoms with Crippen molar-refractivity contribution >= 4 is 5.91 Å². The molecular weight excluding hydrogens is 542 g/mol. The molecule has 0 saturated heterocycles. The molecule has 2 atom stereocenters. The van der Waals surface area contributed by atoms with Crippen LogP contribution in [0.3, 0.4) is 0 Å². The van der Waals surface area contributed by atoms with E-state index in [1.807, 2.05) is 0 Å². The van der Waals surface area contributed by atoms with Gasteiger partial charge in [0.2, 0.25) is 5.91 Å². The summed E-state index contributed by atoms with van der Waals surface area (Å²) in [5.41, 5.74) is 0. The smallest absolute Gasteiger partial charge is 0.220 e. The van der Waals surface area contributed by atoms with Crippen LogP contribution in [0.15, 0.2) is 0 Å². The zero-order chi connectivity index (χ0) is 32.2. The summed E-state index contributed by atoms with van der Waals surface area (Å²) in [6.07, 6.45) is 43.4. The van der Waals surface area contributed by atoms with Gasteiger partial charge < -0.3 is 15.5 Å². The molecule has 0 aliphatic rings. The van der Waals surface area contributed by atoms with Gasteiger partial charge in [-0.05, 0) is 12.8 Å². The molecule has 0 saturated carbocycles. The van der Waals surface area contributed by atoms with Crippen molar-refractivity contribution in [1.29, 1.82) is 0 Å². The number of amides is 1. The third kappa shape index (κ3) is 32.8. The molecule has 0 rings (SSSR count). The topological polar surface area (TPSA) is 69.6 Å². The van der Waals surface area contributed by atoms with Crippen LogP contribution in [-0.2, 0) is 4.79 Å². The second kappa shape index (κ2) is 36.9. The summed E-state index contributed by atoms with van der Waals surface area (Å²) < 4.78 is 0. The Bertz CT molecular complexity index is 555. The van der Waals surface area contributed by atoms with Gasteiger partial charge >= 0.3 is 0 Å². The summed E-state index contributed by atoms with van der Waals surface area (Å²) in [6.45, 7) is 4.33. The SMILES string of the molecule is CCCCCCCCCCCCCCCCCCCCCCCCCCCC(=O)NC(CO)C(O)CCCCCCCCC. The highest BCUT2D eigenvalue weighted by atomic mass is 16.3. The summed E-state index contributed by atoms with van der Waals surface area (Å²) in [6, 6.07) is -0.526. The molecule has 2 unspecified atom stereocenters. The highest BCUT2D eigenvalue weighted by Crippen LogP contribution is 2.16. The third-order valence-corrected chi connectivity index (χ3v) is 9.62. The monoisotopic (exact) mass is 624 g/mol. The van der Waals surface area contributed by atoms with Crippen molar-refractivity contribution in [3.8, 4) is 0 Å². The summed E-state index contributed by atoms with van der Waals surface area (Å²) in [5.74, 6) is -0.0308. The minimum atomic E-state index is -0.649. The number of rotatable bonds is 37. The summed E-state index contributed by atoms with van der Waals surface area (Å²) >= 11 is 0. The second-order valence-corrected chi connectivity index (χ2v) is 14.1. The Morgan fingerprint density at radius 1 is 0.455 bits per heavy atom. The molecule has 0 radical (unpaired) electrons. The molecule has 0 aliphatic heterocycles. The fourth-order valence-electron chi connectivity index (χ4n) is 6.48. The van der Waals surface area contributed by atoms with Gasteiger partial charge in [-0.3, -0.25) is 4.79 Å². The van der Waals surface area contributed by atoms with Crippen molar-refractivity contribution in [2.45, 2.75) is 244 Å². The van der Waals surface area contributed by atoms with Crippen LogP contribution in [0.2, 0.25) is 0 Å². The predicted octanol–water partition coefficient (Wildman–Crippen LogP) is 12.1. The number of aliphatic hydroxyl groups excluding tert-OH is 2. The minimum absolute atomic E-state index is 0.0308. The normalized spacial score (nSPS) is 12.9. The standard InChI is InChI=1S/C40H81NO3/c1-3-5-7-9-11-12-13-14-15-16-17-18-19-20-21-22-23-24-25-26-27-28-30-32-34-36-40(44)41-38(37-42)39(43)35-33-31-29-10-8-6-4-2/h38-39,42-43H,3-37H2,1-2H3,(H,41,44). The third-order valence-electron chi connectivity index (χ3n) is 9.62. The number of carbonyl (C=O) groups excluding carboxylic acids is 1. The van der Waals surface area contributed by atoms with Gasteiger partial charge in [-0.1, -0.05) is 213 Å². The molecule has 0 spiro atoms. The number of hydrogen-bond acceptors (Lipinski definition) is 3. The van der Waals surface area contributed by atoms with Crippen LogP contribution in [0.1, 0.15) is 232 Å². The Morgan fingerprint density at radius 3 is 1.02 bits per heavy atom. The lowest BCUT2D eigenvalue weighted by molar-refractivity contribution is -0.123. The van der Waals surface area contributed by atoms with Crippen LogP contribution in [0.5, 0.6) is 0 Å². The molecule has 0 aromatic carbocycles. The van der Waals surface area contributed by atoms with E-state index in [4.69, 9.17) is 0 Å². The first-order valence-corrected chi connectivity index (χ1v) is 20.2. The Morgan fingerprint density at radius 2 is 0.727 bits per heavy atom. The van der Waals surface area contributed by atoms with Gasteiger partial charge in [-0.25, -0.2) is 0 Å². The van der Waals surface area contributed by atoms with Crippen molar-refractivity contribution < 1.29 is 15.0 Å². The van der Waals surface area contributed by atoms with E-state index < -0.39 is 12.1 Å². The van der Waals surface area contributed by atoms with Crippen LogP contribution in [0.4, 0.5) is 0 Å². The number of nitrogens with one attached hydrogen (secondary N) is 1. The first-order valence-electron chi connectivity index (χ1n) is 20.2. The molecule has 0 fully saturated rings. The fourth-order valence-corrected chi connectivity index (χ4v) is 6.48. The lowest BCUT2D eigenvalue weighted by atomic mass is 10.0. The molecule has 44 heavy (non-hydrogen) atoms. The average Bonchev–Trinajstić information content (AvgIpc) is 3.03. The molecule has 0 heterocycles. The Labute approximate surface area is 276 Å². The van der Waals surface area contributed by atoms with Crippen LogP contribution in [0.25, 0.3) is 0 Å². The van der Waals surface area contributed by atoms with E-state index in [1.165, 1.54) is 180 Å². The van der Waals surface area contributed by atoms with Crippen LogP contribution in [-0.4, -0.2) is 34.9 Å². The number of hydrogen-bond donors (Lipinski definition) is 3. The molecule has 4 heteroatoms. The van der Waals surface area contributed by atoms with E-state index in [1.54, 1.807) is 0 Å². The molecule has 1 amide bonds. The van der Waals surface area contributed by atoms with Crippen LogP contribution >= 0.6 is 0 Å². The lowest BCUT2D eigenvalue weighted by Gasteiger charge is -2.22. The van der Waals surface area contributed by atoms with Gasteiger partial charge in [0.1, 0.15) is 0 Å². The van der Waals surface area contributed by atoms with Gasteiger partial charge in [0.25, 0.3) is 0 Å².